The molecule has 1 aliphatic heterocycles. The molecule has 3 aromatic rings. The Morgan fingerprint density at radius 3 is 2.48 bits per heavy atom. The maximum absolute atomic E-state index is 11.5. The van der Waals surface area contributed by atoms with Crippen molar-refractivity contribution in [3.05, 3.63) is 78.0 Å². The van der Waals surface area contributed by atoms with Crippen molar-refractivity contribution in [3.8, 4) is 0 Å². The maximum Gasteiger partial charge on any atom is 0.229 e. The molecule has 2 N–H and O–H groups in total. The minimum Gasteiger partial charge on any atom is -0.464 e. The van der Waals surface area contributed by atoms with Crippen LogP contribution in [0, 0.1) is 6.92 Å². The summed E-state index contributed by atoms with van der Waals surface area (Å²) >= 11 is 5.64. The molecule has 29 heavy (non-hydrogen) atoms. The summed E-state index contributed by atoms with van der Waals surface area (Å²) in [5, 5.41) is 3.90. The maximum atomic E-state index is 11.5. The summed E-state index contributed by atoms with van der Waals surface area (Å²) in [7, 11) is -3.34. The van der Waals surface area contributed by atoms with Crippen molar-refractivity contribution < 1.29 is 12.8 Å². The van der Waals surface area contributed by atoms with Gasteiger partial charge in [-0.05, 0) is 67.7 Å². The molecule has 0 unspecified atom stereocenters. The smallest absolute Gasteiger partial charge is 0.229 e. The minimum atomic E-state index is -3.34. The molecule has 3 heterocycles. The van der Waals surface area contributed by atoms with E-state index in [1.807, 2.05) is 54.3 Å². The Hall–Kier alpha value is -2.91. The van der Waals surface area contributed by atoms with Gasteiger partial charge in [-0.15, -0.1) is 0 Å². The fourth-order valence-electron chi connectivity index (χ4n) is 3.44. The Morgan fingerprint density at radius 1 is 1.14 bits per heavy atom. The molecule has 0 bridgehead atoms. The molecule has 2 aromatic heterocycles. The van der Waals surface area contributed by atoms with Gasteiger partial charge in [0.25, 0.3) is 0 Å². The van der Waals surface area contributed by atoms with E-state index < -0.39 is 10.0 Å². The Labute approximate surface area is 174 Å². The molecule has 0 radical (unpaired) electrons. The highest BCUT2D eigenvalue weighted by Gasteiger charge is 2.42. The highest BCUT2D eigenvalue weighted by atomic mass is 32.2. The third-order valence-electron chi connectivity index (χ3n) is 4.60. The van der Waals surface area contributed by atoms with Gasteiger partial charge in [0.15, 0.2) is 5.11 Å². The van der Waals surface area contributed by atoms with Gasteiger partial charge in [0.1, 0.15) is 17.6 Å². The summed E-state index contributed by atoms with van der Waals surface area (Å²) in [6, 6.07) is 16.3. The van der Waals surface area contributed by atoms with Crippen LogP contribution in [-0.2, 0) is 10.0 Å². The number of hydrogen-bond donors (Lipinski definition) is 2. The van der Waals surface area contributed by atoms with Crippen molar-refractivity contribution in [2.24, 2.45) is 0 Å². The first kappa shape index (κ1) is 19.4. The van der Waals surface area contributed by atoms with Gasteiger partial charge in [-0.3, -0.25) is 9.71 Å². The Morgan fingerprint density at radius 2 is 1.90 bits per heavy atom. The molecule has 7 nitrogen and oxygen atoms in total. The Kier molecular flexibility index (Phi) is 5.01. The number of hydrogen-bond acceptors (Lipinski definition) is 5. The number of nitrogens with zero attached hydrogens (tertiary/aromatic N) is 2. The first-order valence-corrected chi connectivity index (χ1v) is 11.3. The second-order valence-corrected chi connectivity index (χ2v) is 9.00. The first-order chi connectivity index (χ1) is 13.8. The van der Waals surface area contributed by atoms with Gasteiger partial charge in [-0.2, -0.15) is 0 Å². The molecule has 1 aromatic carbocycles. The van der Waals surface area contributed by atoms with Crippen LogP contribution < -0.4 is 14.9 Å². The van der Waals surface area contributed by atoms with E-state index >= 15 is 0 Å². The summed E-state index contributed by atoms with van der Waals surface area (Å²) in [6.07, 6.45) is 2.87. The molecule has 4 rings (SSSR count). The molecule has 1 fully saturated rings. The lowest BCUT2D eigenvalue weighted by Crippen LogP contribution is -2.29. The van der Waals surface area contributed by atoms with Crippen LogP contribution in [0.3, 0.4) is 0 Å². The predicted octanol–water partition coefficient (Wildman–Crippen LogP) is 3.53. The van der Waals surface area contributed by atoms with Gasteiger partial charge in [-0.25, -0.2) is 8.42 Å². The molecule has 0 spiro atoms. The van der Waals surface area contributed by atoms with Gasteiger partial charge < -0.3 is 14.6 Å². The van der Waals surface area contributed by atoms with Crippen LogP contribution in [0.5, 0.6) is 0 Å². The molecule has 9 heteroatoms. The van der Waals surface area contributed by atoms with E-state index in [1.165, 1.54) is 0 Å². The van der Waals surface area contributed by atoms with Crippen LogP contribution in [0.15, 0.2) is 65.2 Å². The van der Waals surface area contributed by atoms with E-state index in [0.717, 1.165) is 29.2 Å². The standard InChI is InChI=1S/C20H20N4O3S2/c1-13-6-11-17(27-13)19-18(16-5-3-4-12-21-16)22-20(28)24(19)15-9-7-14(8-10-15)23-29(2,25)26/h3-12,18-19,23H,1-2H3,(H,22,28)/t18-,19+/m0/s1. The third kappa shape index (κ3) is 4.10. The lowest BCUT2D eigenvalue weighted by molar-refractivity contribution is 0.418. The number of aromatic nitrogens is 1. The zero-order valence-electron chi connectivity index (χ0n) is 15.9. The van der Waals surface area contributed by atoms with E-state index in [2.05, 4.69) is 15.0 Å². The summed E-state index contributed by atoms with van der Waals surface area (Å²) in [6.45, 7) is 1.90. The summed E-state index contributed by atoms with van der Waals surface area (Å²) < 4.78 is 31.3. The van der Waals surface area contributed by atoms with Gasteiger partial charge in [-0.1, -0.05) is 6.07 Å². The van der Waals surface area contributed by atoms with Crippen molar-refractivity contribution in [1.29, 1.82) is 0 Å². The molecule has 0 aliphatic carbocycles. The average Bonchev–Trinajstić information content (AvgIpc) is 3.25. The lowest BCUT2D eigenvalue weighted by atomic mass is 10.0. The van der Waals surface area contributed by atoms with Crippen LogP contribution >= 0.6 is 12.2 Å². The molecule has 1 aliphatic rings. The fraction of sp³-hybridized carbons (Fsp3) is 0.200. The van der Waals surface area contributed by atoms with Crippen molar-refractivity contribution >= 4 is 38.7 Å². The molecular formula is C20H20N4O3S2. The lowest BCUT2D eigenvalue weighted by Gasteiger charge is -2.26. The van der Waals surface area contributed by atoms with Crippen molar-refractivity contribution in [3.63, 3.8) is 0 Å². The number of anilines is 2. The molecule has 150 valence electrons. The second kappa shape index (κ2) is 7.49. The molecule has 0 saturated carbocycles. The Balaban J connectivity index is 1.73. The third-order valence-corrected chi connectivity index (χ3v) is 5.52. The molecule has 2 atom stereocenters. The normalized spacial score (nSPS) is 19.2. The number of furan rings is 1. The number of benzene rings is 1. The first-order valence-electron chi connectivity index (χ1n) is 8.97. The van der Waals surface area contributed by atoms with E-state index in [0.29, 0.717) is 10.8 Å². The fourth-order valence-corrected chi connectivity index (χ4v) is 4.35. The second-order valence-electron chi connectivity index (χ2n) is 6.87. The van der Waals surface area contributed by atoms with Crippen LogP contribution in [0.25, 0.3) is 0 Å². The summed E-state index contributed by atoms with van der Waals surface area (Å²) in [4.78, 5) is 6.46. The monoisotopic (exact) mass is 428 g/mol. The zero-order chi connectivity index (χ0) is 20.6. The van der Waals surface area contributed by atoms with Gasteiger partial charge >= 0.3 is 0 Å². The number of sulfonamides is 1. The van der Waals surface area contributed by atoms with Gasteiger partial charge in [0.2, 0.25) is 10.0 Å². The van der Waals surface area contributed by atoms with Gasteiger partial charge in [0.05, 0.1) is 18.0 Å². The quantitative estimate of drug-likeness (QED) is 0.601. The average molecular weight is 429 g/mol. The number of nitrogens with one attached hydrogen (secondary N) is 2. The highest BCUT2D eigenvalue weighted by molar-refractivity contribution is 7.92. The molecule has 0 amide bonds. The van der Waals surface area contributed by atoms with E-state index in [-0.39, 0.29) is 12.1 Å². The Bertz CT molecular complexity index is 1130. The summed E-state index contributed by atoms with van der Waals surface area (Å²) in [5.41, 5.74) is 2.16. The SMILES string of the molecule is Cc1ccc([C@@H]2[C@H](c3ccccn3)NC(=S)N2c2ccc(NS(C)(=O)=O)cc2)o1. The van der Waals surface area contributed by atoms with Crippen LogP contribution in [0.2, 0.25) is 0 Å². The van der Waals surface area contributed by atoms with Crippen molar-refractivity contribution in [2.45, 2.75) is 19.0 Å². The van der Waals surface area contributed by atoms with E-state index in [4.69, 9.17) is 16.6 Å². The topological polar surface area (TPSA) is 87.5 Å². The largest absolute Gasteiger partial charge is 0.464 e. The number of pyridine rings is 1. The number of aryl methyl sites for hydroxylation is 1. The number of thiocarbonyl (C=S) groups is 1. The van der Waals surface area contributed by atoms with E-state index in [9.17, 15) is 8.42 Å². The number of rotatable bonds is 5. The van der Waals surface area contributed by atoms with Crippen molar-refractivity contribution in [2.75, 3.05) is 15.9 Å². The minimum absolute atomic E-state index is 0.192. The zero-order valence-corrected chi connectivity index (χ0v) is 17.5. The van der Waals surface area contributed by atoms with Crippen molar-refractivity contribution in [1.82, 2.24) is 10.3 Å². The molecular weight excluding hydrogens is 408 g/mol. The molecule has 1 saturated heterocycles. The van der Waals surface area contributed by atoms with Crippen LogP contribution in [-0.4, -0.2) is 24.8 Å². The van der Waals surface area contributed by atoms with E-state index in [1.54, 1.807) is 18.3 Å². The van der Waals surface area contributed by atoms with Crippen LogP contribution in [0.4, 0.5) is 11.4 Å². The van der Waals surface area contributed by atoms with Crippen LogP contribution in [0.1, 0.15) is 29.3 Å². The summed E-state index contributed by atoms with van der Waals surface area (Å²) in [5.74, 6) is 1.58. The highest BCUT2D eigenvalue weighted by Crippen LogP contribution is 2.42. The predicted molar refractivity (Wildman–Crippen MR) is 116 cm³/mol. The van der Waals surface area contributed by atoms with Gasteiger partial charge in [0, 0.05) is 17.6 Å².